The maximum Gasteiger partial charge on any atom is 0.245 e. The summed E-state index contributed by atoms with van der Waals surface area (Å²) in [5.41, 5.74) is 0.579. The number of benzene rings is 1. The molecule has 1 heterocycles. The van der Waals surface area contributed by atoms with Gasteiger partial charge < -0.3 is 4.55 Å². The predicted octanol–water partition coefficient (Wildman–Crippen LogP) is 2.65. The van der Waals surface area contributed by atoms with Crippen LogP contribution in [0.2, 0.25) is 0 Å². The molecule has 2 rings (SSSR count). The SMILES string of the molecule is O=C(c1ccccc1)c1ccc[s+]1[O-]. The Hall–Kier alpha value is -1.45. The summed E-state index contributed by atoms with van der Waals surface area (Å²) in [6, 6.07) is 12.1. The Morgan fingerprint density at radius 1 is 1.07 bits per heavy atom. The smallest absolute Gasteiger partial charge is 0.245 e. The predicted molar refractivity (Wildman–Crippen MR) is 55.0 cm³/mol. The summed E-state index contributed by atoms with van der Waals surface area (Å²) in [4.78, 5) is 12.1. The van der Waals surface area contributed by atoms with Crippen molar-refractivity contribution in [3.8, 4) is 0 Å². The average molecular weight is 204 g/mol. The van der Waals surface area contributed by atoms with E-state index in [4.69, 9.17) is 0 Å². The van der Waals surface area contributed by atoms with Crippen molar-refractivity contribution in [1.82, 2.24) is 0 Å². The molecular weight excluding hydrogens is 196 g/mol. The van der Waals surface area contributed by atoms with Gasteiger partial charge in [0.05, 0.1) is 0 Å². The third kappa shape index (κ3) is 1.60. The van der Waals surface area contributed by atoms with Crippen LogP contribution in [0.15, 0.2) is 47.8 Å². The van der Waals surface area contributed by atoms with E-state index in [0.717, 1.165) is 0 Å². The summed E-state index contributed by atoms with van der Waals surface area (Å²) in [6.07, 6.45) is 0. The van der Waals surface area contributed by atoms with Crippen LogP contribution in [0.25, 0.3) is 0 Å². The maximum absolute atomic E-state index is 11.8. The minimum absolute atomic E-state index is 0.158. The number of rotatable bonds is 2. The molecule has 0 bridgehead atoms. The van der Waals surface area contributed by atoms with E-state index in [-0.39, 0.29) is 5.78 Å². The Bertz CT molecular complexity index is 445. The third-order valence-corrected chi connectivity index (χ3v) is 3.09. The van der Waals surface area contributed by atoms with Crippen LogP contribution in [0.3, 0.4) is 0 Å². The zero-order chi connectivity index (χ0) is 9.97. The standard InChI is InChI=1S/C11H8O2S/c12-11(9-5-2-1-3-6-9)10-7-4-8-14(10)13/h1-8H. The number of ketones is 1. The molecule has 2 nitrogen and oxygen atoms in total. The Labute approximate surface area is 84.6 Å². The first-order valence-electron chi connectivity index (χ1n) is 4.18. The Morgan fingerprint density at radius 3 is 2.36 bits per heavy atom. The minimum Gasteiger partial charge on any atom is -0.590 e. The van der Waals surface area contributed by atoms with E-state index in [9.17, 15) is 9.35 Å². The molecule has 1 atom stereocenters. The molecule has 0 N–H and O–H groups in total. The number of thiophene rings is 1. The fourth-order valence-electron chi connectivity index (χ4n) is 1.24. The lowest BCUT2D eigenvalue weighted by Crippen LogP contribution is -1.98. The highest BCUT2D eigenvalue weighted by molar-refractivity contribution is 7.25. The lowest BCUT2D eigenvalue weighted by atomic mass is 10.1. The Kier molecular flexibility index (Phi) is 2.43. The van der Waals surface area contributed by atoms with Gasteiger partial charge in [0, 0.05) is 11.6 Å². The van der Waals surface area contributed by atoms with Gasteiger partial charge in [0.2, 0.25) is 10.7 Å². The molecule has 14 heavy (non-hydrogen) atoms. The molecule has 0 aliphatic rings. The highest BCUT2D eigenvalue weighted by Crippen LogP contribution is 2.22. The summed E-state index contributed by atoms with van der Waals surface area (Å²) in [7, 11) is -1.26. The molecule has 70 valence electrons. The molecule has 0 saturated heterocycles. The van der Waals surface area contributed by atoms with Crippen LogP contribution in [0.4, 0.5) is 0 Å². The van der Waals surface area contributed by atoms with Crippen molar-refractivity contribution < 1.29 is 9.35 Å². The molecule has 0 amide bonds. The van der Waals surface area contributed by atoms with Gasteiger partial charge in [-0.2, -0.15) is 0 Å². The third-order valence-electron chi connectivity index (χ3n) is 1.93. The molecular formula is C11H8O2S. The second-order valence-corrected chi connectivity index (χ2v) is 4.16. The molecule has 0 aliphatic heterocycles. The quantitative estimate of drug-likeness (QED) is 0.557. The fourth-order valence-corrected chi connectivity index (χ4v) is 2.12. The highest BCUT2D eigenvalue weighted by Gasteiger charge is 2.16. The second kappa shape index (κ2) is 3.74. The van der Waals surface area contributed by atoms with Gasteiger partial charge in [-0.25, -0.2) is 0 Å². The minimum atomic E-state index is -1.26. The summed E-state index contributed by atoms with van der Waals surface area (Å²) < 4.78 is 11.3. The summed E-state index contributed by atoms with van der Waals surface area (Å²) >= 11 is 0. The largest absolute Gasteiger partial charge is 0.590 e. The number of carbonyl (C=O) groups excluding carboxylic acids is 1. The van der Waals surface area contributed by atoms with Crippen molar-refractivity contribution in [1.29, 1.82) is 0 Å². The first kappa shape index (κ1) is 9.12. The van der Waals surface area contributed by atoms with E-state index in [0.29, 0.717) is 10.4 Å². The zero-order valence-electron chi connectivity index (χ0n) is 7.34. The monoisotopic (exact) mass is 204 g/mol. The van der Waals surface area contributed by atoms with Gasteiger partial charge in [0.25, 0.3) is 0 Å². The molecule has 3 heteroatoms. The van der Waals surface area contributed by atoms with Crippen molar-refractivity contribution in [2.24, 2.45) is 0 Å². The van der Waals surface area contributed by atoms with Crippen molar-refractivity contribution >= 4 is 16.5 Å². The second-order valence-electron chi connectivity index (χ2n) is 2.85. The highest BCUT2D eigenvalue weighted by atomic mass is 32.2. The lowest BCUT2D eigenvalue weighted by molar-refractivity contribution is 0.104. The van der Waals surface area contributed by atoms with Gasteiger partial charge in [-0.05, 0) is 16.8 Å². The van der Waals surface area contributed by atoms with Gasteiger partial charge in [-0.3, -0.25) is 4.79 Å². The Morgan fingerprint density at radius 2 is 1.79 bits per heavy atom. The molecule has 0 saturated carbocycles. The van der Waals surface area contributed by atoms with Crippen LogP contribution >= 0.6 is 10.8 Å². The topological polar surface area (TPSA) is 40.1 Å². The van der Waals surface area contributed by atoms with E-state index < -0.39 is 10.8 Å². The van der Waals surface area contributed by atoms with Gasteiger partial charge in [0.15, 0.2) is 0 Å². The maximum atomic E-state index is 11.8. The van der Waals surface area contributed by atoms with Crippen LogP contribution in [-0.4, -0.2) is 10.3 Å². The lowest BCUT2D eigenvalue weighted by Gasteiger charge is -1.96. The van der Waals surface area contributed by atoms with E-state index in [2.05, 4.69) is 0 Å². The van der Waals surface area contributed by atoms with E-state index in [1.165, 1.54) is 5.38 Å². The molecule has 2 aromatic rings. The van der Waals surface area contributed by atoms with Crippen LogP contribution in [0.1, 0.15) is 15.2 Å². The molecule has 0 fully saturated rings. The molecule has 1 aromatic heterocycles. The molecule has 0 spiro atoms. The number of hydrogen-bond acceptors (Lipinski definition) is 2. The summed E-state index contributed by atoms with van der Waals surface area (Å²) in [5, 5.41) is 1.51. The zero-order valence-corrected chi connectivity index (χ0v) is 8.16. The number of carbonyl (C=O) groups is 1. The molecule has 0 aliphatic carbocycles. The number of hydrogen-bond donors (Lipinski definition) is 0. The van der Waals surface area contributed by atoms with Crippen LogP contribution in [0, 0.1) is 0 Å². The van der Waals surface area contributed by atoms with E-state index >= 15 is 0 Å². The van der Waals surface area contributed by atoms with Crippen molar-refractivity contribution in [2.75, 3.05) is 0 Å². The van der Waals surface area contributed by atoms with Crippen molar-refractivity contribution in [3.05, 3.63) is 58.3 Å². The van der Waals surface area contributed by atoms with Gasteiger partial charge >= 0.3 is 0 Å². The van der Waals surface area contributed by atoms with Crippen molar-refractivity contribution in [3.63, 3.8) is 0 Å². The average Bonchev–Trinajstić information content (AvgIpc) is 2.65. The van der Waals surface area contributed by atoms with Crippen LogP contribution in [-0.2, 0) is 0 Å². The van der Waals surface area contributed by atoms with E-state index in [1.54, 1.807) is 36.4 Å². The first-order valence-corrected chi connectivity index (χ1v) is 5.39. The molecule has 1 aromatic carbocycles. The Balaban J connectivity index is 2.39. The summed E-state index contributed by atoms with van der Waals surface area (Å²) in [5.74, 6) is -0.158. The molecule has 0 radical (unpaired) electrons. The normalized spacial score (nSPS) is 11.4. The van der Waals surface area contributed by atoms with Crippen LogP contribution < -0.4 is 0 Å². The molecule has 1 unspecified atom stereocenters. The van der Waals surface area contributed by atoms with Crippen molar-refractivity contribution in [2.45, 2.75) is 0 Å². The van der Waals surface area contributed by atoms with E-state index in [1.807, 2.05) is 6.07 Å². The van der Waals surface area contributed by atoms with Crippen LogP contribution in [0.5, 0.6) is 0 Å². The first-order chi connectivity index (χ1) is 6.79. The fraction of sp³-hybridized carbons (Fsp3) is 0. The van der Waals surface area contributed by atoms with Gasteiger partial charge in [-0.15, -0.1) is 0 Å². The van der Waals surface area contributed by atoms with Gasteiger partial charge in [-0.1, -0.05) is 30.3 Å². The van der Waals surface area contributed by atoms with Gasteiger partial charge in [0.1, 0.15) is 5.38 Å². The summed E-state index contributed by atoms with van der Waals surface area (Å²) in [6.45, 7) is 0.